The highest BCUT2D eigenvalue weighted by Crippen LogP contribution is 2.22. The summed E-state index contributed by atoms with van der Waals surface area (Å²) in [7, 11) is -2.02. The second kappa shape index (κ2) is 9.76. The molecule has 1 fully saturated rings. The predicted molar refractivity (Wildman–Crippen MR) is 114 cm³/mol. The Morgan fingerprint density at radius 1 is 1.10 bits per heavy atom. The highest BCUT2D eigenvalue weighted by molar-refractivity contribution is 7.89. The van der Waals surface area contributed by atoms with E-state index in [1.165, 1.54) is 57.7 Å². The number of amides is 1. The number of hydrogen-bond donors (Lipinski definition) is 0. The number of halogens is 1. The summed E-state index contributed by atoms with van der Waals surface area (Å²) in [6.07, 6.45) is -0.352. The van der Waals surface area contributed by atoms with E-state index < -0.39 is 10.0 Å². The average Bonchev–Trinajstić information content (AvgIpc) is 2.74. The van der Waals surface area contributed by atoms with E-state index in [0.29, 0.717) is 30.9 Å². The molecule has 2 aromatic carbocycles. The zero-order chi connectivity index (χ0) is 22.6. The minimum atomic E-state index is -3.66. The van der Waals surface area contributed by atoms with Crippen molar-refractivity contribution in [2.24, 2.45) is 0 Å². The maximum atomic E-state index is 12.9. The van der Waals surface area contributed by atoms with Gasteiger partial charge in [0.25, 0.3) is 5.91 Å². The number of ether oxygens (including phenoxy) is 2. The standard InChI is InChI=1S/C22H27FN2O5S/c1-16-14-25(15-17(2)30-16)31(27,28)21-10-4-18(5-11-21)22(26)24(3)12-13-29-20-8-6-19(23)7-9-20/h4-11,16-17H,12-15H2,1-3H3. The van der Waals surface area contributed by atoms with E-state index in [4.69, 9.17) is 9.47 Å². The monoisotopic (exact) mass is 450 g/mol. The van der Waals surface area contributed by atoms with E-state index in [1.54, 1.807) is 7.05 Å². The Labute approximate surface area is 182 Å². The first-order valence-electron chi connectivity index (χ1n) is 10.1. The van der Waals surface area contributed by atoms with Gasteiger partial charge in [-0.1, -0.05) is 0 Å². The molecule has 0 spiro atoms. The largest absolute Gasteiger partial charge is 0.492 e. The summed E-state index contributed by atoms with van der Waals surface area (Å²) in [4.78, 5) is 14.3. The first-order valence-corrected chi connectivity index (χ1v) is 11.5. The third-order valence-corrected chi connectivity index (χ3v) is 6.83. The number of carbonyl (C=O) groups is 1. The molecule has 1 heterocycles. The number of carbonyl (C=O) groups excluding carboxylic acids is 1. The van der Waals surface area contributed by atoms with Crippen molar-refractivity contribution < 1.29 is 27.1 Å². The number of likely N-dealkylation sites (N-methyl/N-ethyl adjacent to an activating group) is 1. The Morgan fingerprint density at radius 2 is 1.68 bits per heavy atom. The zero-order valence-electron chi connectivity index (χ0n) is 17.8. The Kier molecular flexibility index (Phi) is 7.30. The van der Waals surface area contributed by atoms with Crippen LogP contribution in [0, 0.1) is 5.82 Å². The summed E-state index contributed by atoms with van der Waals surface area (Å²) < 4.78 is 51.3. The van der Waals surface area contributed by atoms with Gasteiger partial charge in [-0.15, -0.1) is 0 Å². The van der Waals surface area contributed by atoms with Gasteiger partial charge < -0.3 is 14.4 Å². The lowest BCUT2D eigenvalue weighted by molar-refractivity contribution is -0.0440. The summed E-state index contributed by atoms with van der Waals surface area (Å²) in [5.41, 5.74) is 0.381. The van der Waals surface area contributed by atoms with E-state index in [1.807, 2.05) is 13.8 Å². The lowest BCUT2D eigenvalue weighted by atomic mass is 10.2. The van der Waals surface area contributed by atoms with Crippen LogP contribution in [0.5, 0.6) is 5.75 Å². The lowest BCUT2D eigenvalue weighted by Gasteiger charge is -2.34. The van der Waals surface area contributed by atoms with Gasteiger partial charge in [0.1, 0.15) is 18.2 Å². The van der Waals surface area contributed by atoms with Crippen LogP contribution in [0.25, 0.3) is 0 Å². The second-order valence-electron chi connectivity index (χ2n) is 7.63. The molecule has 168 valence electrons. The van der Waals surface area contributed by atoms with Crippen LogP contribution >= 0.6 is 0 Å². The molecule has 0 saturated carbocycles. The normalized spacial score (nSPS) is 19.7. The third kappa shape index (κ3) is 5.81. The smallest absolute Gasteiger partial charge is 0.253 e. The van der Waals surface area contributed by atoms with Crippen LogP contribution in [0.4, 0.5) is 4.39 Å². The molecular weight excluding hydrogens is 423 g/mol. The summed E-state index contributed by atoms with van der Waals surface area (Å²) in [6, 6.07) is 11.6. The molecule has 1 aliphatic heterocycles. The van der Waals surface area contributed by atoms with E-state index in [-0.39, 0.29) is 35.4 Å². The van der Waals surface area contributed by atoms with Crippen molar-refractivity contribution in [3.05, 3.63) is 59.9 Å². The number of morpholine rings is 1. The molecule has 3 rings (SSSR count). The number of hydrogen-bond acceptors (Lipinski definition) is 5. The van der Waals surface area contributed by atoms with Crippen molar-refractivity contribution in [2.45, 2.75) is 31.0 Å². The summed E-state index contributed by atoms with van der Waals surface area (Å²) in [6.45, 7) is 4.84. The summed E-state index contributed by atoms with van der Waals surface area (Å²) >= 11 is 0. The average molecular weight is 451 g/mol. The van der Waals surface area contributed by atoms with Gasteiger partial charge in [0, 0.05) is 25.7 Å². The number of benzene rings is 2. The molecule has 1 aliphatic rings. The van der Waals surface area contributed by atoms with Crippen molar-refractivity contribution in [1.29, 1.82) is 0 Å². The molecule has 2 unspecified atom stereocenters. The molecule has 7 nitrogen and oxygen atoms in total. The van der Waals surface area contributed by atoms with E-state index >= 15 is 0 Å². The van der Waals surface area contributed by atoms with Crippen LogP contribution in [0.3, 0.4) is 0 Å². The van der Waals surface area contributed by atoms with Gasteiger partial charge in [0.2, 0.25) is 10.0 Å². The number of rotatable bonds is 7. The highest BCUT2D eigenvalue weighted by atomic mass is 32.2. The van der Waals surface area contributed by atoms with Crippen molar-refractivity contribution >= 4 is 15.9 Å². The first kappa shape index (κ1) is 23.2. The molecule has 2 atom stereocenters. The van der Waals surface area contributed by atoms with Gasteiger partial charge in [0.05, 0.1) is 23.6 Å². The van der Waals surface area contributed by atoms with Crippen LogP contribution in [0.1, 0.15) is 24.2 Å². The molecule has 31 heavy (non-hydrogen) atoms. The Balaban J connectivity index is 1.59. The SMILES string of the molecule is CC1CN(S(=O)(=O)c2ccc(C(=O)N(C)CCOc3ccc(F)cc3)cc2)CC(C)O1. The molecule has 1 amide bonds. The van der Waals surface area contributed by atoms with Crippen LogP contribution in [0.2, 0.25) is 0 Å². The molecule has 2 aromatic rings. The van der Waals surface area contributed by atoms with Crippen molar-refractivity contribution in [3.8, 4) is 5.75 Å². The van der Waals surface area contributed by atoms with Crippen LogP contribution in [-0.4, -0.2) is 69.0 Å². The van der Waals surface area contributed by atoms with Crippen LogP contribution in [-0.2, 0) is 14.8 Å². The van der Waals surface area contributed by atoms with E-state index in [0.717, 1.165) is 0 Å². The van der Waals surface area contributed by atoms with Gasteiger partial charge in [0.15, 0.2) is 0 Å². The third-order valence-electron chi connectivity index (χ3n) is 4.98. The molecule has 0 aromatic heterocycles. The molecule has 0 bridgehead atoms. The fraction of sp³-hybridized carbons (Fsp3) is 0.409. The minimum absolute atomic E-state index is 0.146. The zero-order valence-corrected chi connectivity index (χ0v) is 18.6. The quantitative estimate of drug-likeness (QED) is 0.648. The topological polar surface area (TPSA) is 76.2 Å². The fourth-order valence-corrected chi connectivity index (χ4v) is 4.99. The summed E-state index contributed by atoms with van der Waals surface area (Å²) in [5, 5.41) is 0. The Morgan fingerprint density at radius 3 is 2.26 bits per heavy atom. The van der Waals surface area contributed by atoms with Gasteiger partial charge in [-0.25, -0.2) is 12.8 Å². The van der Waals surface area contributed by atoms with E-state index in [9.17, 15) is 17.6 Å². The molecule has 1 saturated heterocycles. The van der Waals surface area contributed by atoms with Crippen LogP contribution in [0.15, 0.2) is 53.4 Å². The Bertz CT molecular complexity index is 986. The molecular formula is C22H27FN2O5S. The van der Waals surface area contributed by atoms with Gasteiger partial charge in [-0.05, 0) is 62.4 Å². The number of sulfonamides is 1. The van der Waals surface area contributed by atoms with Gasteiger partial charge >= 0.3 is 0 Å². The first-order chi connectivity index (χ1) is 14.7. The predicted octanol–water partition coefficient (Wildman–Crippen LogP) is 2.77. The highest BCUT2D eigenvalue weighted by Gasteiger charge is 2.32. The van der Waals surface area contributed by atoms with Crippen molar-refractivity contribution in [2.75, 3.05) is 33.3 Å². The maximum Gasteiger partial charge on any atom is 0.253 e. The minimum Gasteiger partial charge on any atom is -0.492 e. The number of nitrogens with zero attached hydrogens (tertiary/aromatic N) is 2. The maximum absolute atomic E-state index is 12.9. The van der Waals surface area contributed by atoms with Crippen LogP contribution < -0.4 is 4.74 Å². The van der Waals surface area contributed by atoms with Crippen molar-refractivity contribution in [3.63, 3.8) is 0 Å². The second-order valence-corrected chi connectivity index (χ2v) is 9.57. The van der Waals surface area contributed by atoms with Crippen molar-refractivity contribution in [1.82, 2.24) is 9.21 Å². The Hall–Kier alpha value is -2.49. The summed E-state index contributed by atoms with van der Waals surface area (Å²) in [5.74, 6) is -0.0772. The fourth-order valence-electron chi connectivity index (χ4n) is 3.40. The molecule has 0 radical (unpaired) electrons. The van der Waals surface area contributed by atoms with Gasteiger partial charge in [-0.2, -0.15) is 4.31 Å². The molecule has 0 aliphatic carbocycles. The lowest BCUT2D eigenvalue weighted by Crippen LogP contribution is -2.48. The molecule has 0 N–H and O–H groups in total. The van der Waals surface area contributed by atoms with Gasteiger partial charge in [-0.3, -0.25) is 4.79 Å². The molecule has 9 heteroatoms. The van der Waals surface area contributed by atoms with E-state index in [2.05, 4.69) is 0 Å².